The maximum atomic E-state index is 13.2. The molecule has 0 aliphatic carbocycles. The summed E-state index contributed by atoms with van der Waals surface area (Å²) in [7, 11) is 0. The Morgan fingerprint density at radius 3 is 2.46 bits per heavy atom. The number of fused-ring (bicyclic) bond motifs is 1. The molecule has 0 unspecified atom stereocenters. The SMILES string of the molecule is Cc1cccc(-c2cc(C(=O)n3nc(C)cc3C)c3ccccc3n2)c1. The van der Waals surface area contributed by atoms with Gasteiger partial charge in [-0.1, -0.05) is 42.0 Å². The van der Waals surface area contributed by atoms with Crippen LogP contribution in [0.15, 0.2) is 60.7 Å². The van der Waals surface area contributed by atoms with E-state index in [-0.39, 0.29) is 5.91 Å². The topological polar surface area (TPSA) is 47.8 Å². The molecule has 0 bridgehead atoms. The van der Waals surface area contributed by atoms with Crippen molar-refractivity contribution in [2.45, 2.75) is 20.8 Å². The van der Waals surface area contributed by atoms with Crippen molar-refractivity contribution < 1.29 is 4.79 Å². The van der Waals surface area contributed by atoms with Crippen molar-refractivity contribution in [3.63, 3.8) is 0 Å². The first kappa shape index (κ1) is 16.2. The summed E-state index contributed by atoms with van der Waals surface area (Å²) in [4.78, 5) is 18.0. The summed E-state index contributed by atoms with van der Waals surface area (Å²) >= 11 is 0. The lowest BCUT2D eigenvalue weighted by atomic mass is 10.0. The molecule has 4 nitrogen and oxygen atoms in total. The monoisotopic (exact) mass is 341 g/mol. The predicted molar refractivity (Wildman–Crippen MR) is 103 cm³/mol. The number of carbonyl (C=O) groups is 1. The van der Waals surface area contributed by atoms with Crippen molar-refractivity contribution in [2.75, 3.05) is 0 Å². The molecule has 2 aromatic carbocycles. The van der Waals surface area contributed by atoms with Gasteiger partial charge in [-0.2, -0.15) is 5.10 Å². The lowest BCUT2D eigenvalue weighted by molar-refractivity contribution is 0.0944. The molecule has 2 aromatic heterocycles. The first-order chi connectivity index (χ1) is 12.5. The lowest BCUT2D eigenvalue weighted by Crippen LogP contribution is -2.16. The molecule has 0 saturated carbocycles. The first-order valence-electron chi connectivity index (χ1n) is 8.58. The van der Waals surface area contributed by atoms with Gasteiger partial charge in [0.1, 0.15) is 0 Å². The van der Waals surface area contributed by atoms with Gasteiger partial charge in [-0.3, -0.25) is 4.79 Å². The number of benzene rings is 2. The number of aromatic nitrogens is 3. The highest BCUT2D eigenvalue weighted by molar-refractivity contribution is 6.08. The number of nitrogens with zero attached hydrogens (tertiary/aromatic N) is 3. The zero-order valence-corrected chi connectivity index (χ0v) is 15.0. The maximum Gasteiger partial charge on any atom is 0.279 e. The Hall–Kier alpha value is -3.27. The van der Waals surface area contributed by atoms with Gasteiger partial charge in [0.25, 0.3) is 5.91 Å². The van der Waals surface area contributed by atoms with Crippen LogP contribution in [0.2, 0.25) is 0 Å². The molecule has 0 saturated heterocycles. The van der Waals surface area contributed by atoms with Gasteiger partial charge in [0, 0.05) is 16.6 Å². The van der Waals surface area contributed by atoms with Crippen LogP contribution < -0.4 is 0 Å². The average molecular weight is 341 g/mol. The third kappa shape index (κ3) is 2.80. The molecule has 4 aromatic rings. The minimum absolute atomic E-state index is 0.136. The minimum atomic E-state index is -0.136. The molecule has 0 spiro atoms. The van der Waals surface area contributed by atoms with Crippen molar-refractivity contribution in [1.29, 1.82) is 0 Å². The second kappa shape index (κ2) is 6.23. The van der Waals surface area contributed by atoms with Gasteiger partial charge in [0.15, 0.2) is 0 Å². The van der Waals surface area contributed by atoms with Crippen LogP contribution in [0.1, 0.15) is 27.3 Å². The van der Waals surface area contributed by atoms with Crippen LogP contribution in [0, 0.1) is 20.8 Å². The van der Waals surface area contributed by atoms with E-state index >= 15 is 0 Å². The number of para-hydroxylation sites is 1. The van der Waals surface area contributed by atoms with Gasteiger partial charge >= 0.3 is 0 Å². The summed E-state index contributed by atoms with van der Waals surface area (Å²) in [6.07, 6.45) is 0. The molecule has 4 rings (SSSR count). The second-order valence-corrected chi connectivity index (χ2v) is 6.59. The smallest absolute Gasteiger partial charge is 0.267 e. The van der Waals surface area contributed by atoms with E-state index in [1.807, 2.05) is 75.4 Å². The van der Waals surface area contributed by atoms with Crippen molar-refractivity contribution in [1.82, 2.24) is 14.8 Å². The minimum Gasteiger partial charge on any atom is -0.267 e. The molecule has 0 N–H and O–H groups in total. The Morgan fingerprint density at radius 2 is 1.73 bits per heavy atom. The van der Waals surface area contributed by atoms with E-state index < -0.39 is 0 Å². The molecular weight excluding hydrogens is 322 g/mol. The van der Waals surface area contributed by atoms with E-state index in [0.29, 0.717) is 5.56 Å². The summed E-state index contributed by atoms with van der Waals surface area (Å²) in [5, 5.41) is 5.19. The summed E-state index contributed by atoms with van der Waals surface area (Å²) in [6.45, 7) is 5.83. The number of hydrogen-bond donors (Lipinski definition) is 0. The van der Waals surface area contributed by atoms with Crippen molar-refractivity contribution in [2.24, 2.45) is 0 Å². The Bertz CT molecular complexity index is 1140. The highest BCUT2D eigenvalue weighted by atomic mass is 16.2. The van der Waals surface area contributed by atoms with Crippen LogP contribution in [0.3, 0.4) is 0 Å². The van der Waals surface area contributed by atoms with Crippen LogP contribution in [0.4, 0.5) is 0 Å². The van der Waals surface area contributed by atoms with Gasteiger partial charge in [0.05, 0.1) is 22.5 Å². The number of rotatable bonds is 2. The van der Waals surface area contributed by atoms with E-state index in [4.69, 9.17) is 4.98 Å². The summed E-state index contributed by atoms with van der Waals surface area (Å²) in [5.41, 5.74) is 6.01. The molecular formula is C22H19N3O. The molecule has 0 radical (unpaired) electrons. The predicted octanol–water partition coefficient (Wildman–Crippen LogP) is 4.71. The highest BCUT2D eigenvalue weighted by Crippen LogP contribution is 2.26. The van der Waals surface area contributed by atoms with Crippen LogP contribution in [0.5, 0.6) is 0 Å². The van der Waals surface area contributed by atoms with Crippen molar-refractivity contribution in [3.8, 4) is 11.3 Å². The summed E-state index contributed by atoms with van der Waals surface area (Å²) in [6, 6.07) is 19.7. The number of carbonyl (C=O) groups excluding carboxylic acids is 1. The van der Waals surface area contributed by atoms with Gasteiger partial charge in [-0.05, 0) is 45.0 Å². The number of pyridine rings is 1. The van der Waals surface area contributed by atoms with Crippen LogP contribution >= 0.6 is 0 Å². The highest BCUT2D eigenvalue weighted by Gasteiger charge is 2.18. The van der Waals surface area contributed by atoms with Crippen molar-refractivity contribution in [3.05, 3.63) is 83.2 Å². The van der Waals surface area contributed by atoms with E-state index in [9.17, 15) is 4.79 Å². The molecule has 128 valence electrons. The van der Waals surface area contributed by atoms with Gasteiger partial charge in [-0.15, -0.1) is 0 Å². The molecule has 0 aliphatic heterocycles. The molecule has 26 heavy (non-hydrogen) atoms. The fraction of sp³-hybridized carbons (Fsp3) is 0.136. The molecule has 2 heterocycles. The molecule has 4 heteroatoms. The van der Waals surface area contributed by atoms with E-state index in [0.717, 1.165) is 39.1 Å². The molecule has 0 amide bonds. The van der Waals surface area contributed by atoms with Crippen molar-refractivity contribution >= 4 is 16.8 Å². The van der Waals surface area contributed by atoms with Crippen LogP contribution in [-0.4, -0.2) is 20.7 Å². The number of aryl methyl sites for hydroxylation is 3. The lowest BCUT2D eigenvalue weighted by Gasteiger charge is -2.10. The van der Waals surface area contributed by atoms with Gasteiger partial charge in [0.2, 0.25) is 0 Å². The molecule has 0 fully saturated rings. The normalized spacial score (nSPS) is 11.0. The standard InChI is InChI=1S/C22H19N3O/c1-14-7-6-8-17(11-14)21-13-19(18-9-4-5-10-20(18)23-21)22(26)25-16(3)12-15(2)24-25/h4-13H,1-3H3. The zero-order valence-electron chi connectivity index (χ0n) is 15.0. The summed E-state index contributed by atoms with van der Waals surface area (Å²) in [5.74, 6) is -0.136. The van der Waals surface area contributed by atoms with E-state index in [1.165, 1.54) is 4.68 Å². The molecule has 0 aliphatic rings. The third-order valence-electron chi connectivity index (χ3n) is 4.46. The Labute approximate surface area is 152 Å². The Morgan fingerprint density at radius 1 is 0.923 bits per heavy atom. The van der Waals surface area contributed by atoms with Gasteiger partial charge in [-0.25, -0.2) is 9.67 Å². The fourth-order valence-electron chi connectivity index (χ4n) is 3.25. The summed E-state index contributed by atoms with van der Waals surface area (Å²) < 4.78 is 1.47. The van der Waals surface area contributed by atoms with Crippen LogP contribution in [-0.2, 0) is 0 Å². The number of hydrogen-bond acceptors (Lipinski definition) is 3. The zero-order chi connectivity index (χ0) is 18.3. The third-order valence-corrected chi connectivity index (χ3v) is 4.46. The van der Waals surface area contributed by atoms with E-state index in [1.54, 1.807) is 0 Å². The second-order valence-electron chi connectivity index (χ2n) is 6.59. The van der Waals surface area contributed by atoms with E-state index in [2.05, 4.69) is 11.2 Å². The fourth-order valence-corrected chi connectivity index (χ4v) is 3.25. The maximum absolute atomic E-state index is 13.2. The average Bonchev–Trinajstić information content (AvgIpc) is 2.98. The first-order valence-corrected chi connectivity index (χ1v) is 8.58. The Balaban J connectivity index is 1.96. The molecule has 0 atom stereocenters. The Kier molecular flexibility index (Phi) is 3.88. The largest absolute Gasteiger partial charge is 0.279 e. The van der Waals surface area contributed by atoms with Gasteiger partial charge < -0.3 is 0 Å². The quantitative estimate of drug-likeness (QED) is 0.530. The van der Waals surface area contributed by atoms with Crippen LogP contribution in [0.25, 0.3) is 22.2 Å².